The van der Waals surface area contributed by atoms with E-state index in [0.29, 0.717) is 5.75 Å². The van der Waals surface area contributed by atoms with Crippen LogP contribution in [-0.4, -0.2) is 32.8 Å². The van der Waals surface area contributed by atoms with Crippen LogP contribution in [0.1, 0.15) is 17.5 Å². The molecular formula is C22H20N4OS. The molecule has 0 N–H and O–H groups in total. The van der Waals surface area contributed by atoms with Crippen LogP contribution in [-0.2, 0) is 11.2 Å². The highest BCUT2D eigenvalue weighted by molar-refractivity contribution is 7.99. The Morgan fingerprint density at radius 1 is 1.11 bits per heavy atom. The van der Waals surface area contributed by atoms with Crippen LogP contribution in [0.25, 0.3) is 16.6 Å². The van der Waals surface area contributed by atoms with Crippen molar-refractivity contribution in [3.8, 4) is 0 Å². The lowest BCUT2D eigenvalue weighted by Gasteiger charge is -2.29. The molecule has 1 aliphatic heterocycles. The maximum Gasteiger partial charge on any atom is 0.237 e. The Hall–Kier alpha value is -2.86. The number of benzene rings is 2. The number of anilines is 1. The van der Waals surface area contributed by atoms with Gasteiger partial charge in [0.15, 0.2) is 10.8 Å². The van der Waals surface area contributed by atoms with Crippen LogP contribution < -0.4 is 4.90 Å². The number of pyridine rings is 1. The van der Waals surface area contributed by atoms with Gasteiger partial charge < -0.3 is 4.90 Å². The second-order valence-corrected chi connectivity index (χ2v) is 8.04. The van der Waals surface area contributed by atoms with Gasteiger partial charge in [-0.05, 0) is 54.5 Å². The second kappa shape index (κ2) is 6.95. The molecule has 0 spiro atoms. The quantitative estimate of drug-likeness (QED) is 0.492. The van der Waals surface area contributed by atoms with Crippen molar-refractivity contribution >= 4 is 39.9 Å². The minimum Gasteiger partial charge on any atom is -0.311 e. The van der Waals surface area contributed by atoms with Crippen LogP contribution in [0.5, 0.6) is 0 Å². The average molecular weight is 388 g/mol. The number of carbonyl (C=O) groups is 1. The molecule has 3 heterocycles. The summed E-state index contributed by atoms with van der Waals surface area (Å²) in [6.07, 6.45) is 2.04. The molecule has 0 radical (unpaired) electrons. The van der Waals surface area contributed by atoms with Crippen molar-refractivity contribution in [3.63, 3.8) is 0 Å². The summed E-state index contributed by atoms with van der Waals surface area (Å²) < 4.78 is 2.06. The van der Waals surface area contributed by atoms with Gasteiger partial charge in [-0.1, -0.05) is 48.2 Å². The van der Waals surface area contributed by atoms with Gasteiger partial charge in [0.05, 0.1) is 11.3 Å². The number of carbonyl (C=O) groups excluding carboxylic acids is 1. The molecule has 0 fully saturated rings. The van der Waals surface area contributed by atoms with Gasteiger partial charge in [-0.2, -0.15) is 0 Å². The Morgan fingerprint density at radius 2 is 1.93 bits per heavy atom. The van der Waals surface area contributed by atoms with Gasteiger partial charge in [-0.3, -0.25) is 9.20 Å². The van der Waals surface area contributed by atoms with Crippen molar-refractivity contribution in [2.45, 2.75) is 24.9 Å². The smallest absolute Gasteiger partial charge is 0.237 e. The third-order valence-corrected chi connectivity index (χ3v) is 6.19. The first-order valence-electron chi connectivity index (χ1n) is 9.47. The zero-order valence-corrected chi connectivity index (χ0v) is 16.4. The Kier molecular flexibility index (Phi) is 4.28. The molecule has 0 atom stereocenters. The minimum atomic E-state index is 0.117. The molecule has 0 aliphatic carbocycles. The van der Waals surface area contributed by atoms with E-state index in [1.54, 1.807) is 0 Å². The van der Waals surface area contributed by atoms with E-state index < -0.39 is 0 Å². The number of rotatable bonds is 3. The van der Waals surface area contributed by atoms with E-state index in [1.807, 2.05) is 42.2 Å². The van der Waals surface area contributed by atoms with E-state index in [2.05, 4.69) is 38.9 Å². The Bertz CT molecular complexity index is 1200. The highest BCUT2D eigenvalue weighted by Crippen LogP contribution is 2.29. The largest absolute Gasteiger partial charge is 0.311 e. The molecule has 2 aromatic carbocycles. The third-order valence-electron chi connectivity index (χ3n) is 5.27. The molecular weight excluding hydrogens is 368 g/mol. The summed E-state index contributed by atoms with van der Waals surface area (Å²) in [6, 6.07) is 18.5. The lowest BCUT2D eigenvalue weighted by Crippen LogP contribution is -2.36. The number of nitrogens with zero attached hydrogens (tertiary/aromatic N) is 4. The number of thioether (sulfide) groups is 1. The van der Waals surface area contributed by atoms with E-state index in [0.717, 1.165) is 52.3 Å². The van der Waals surface area contributed by atoms with Crippen LogP contribution in [0.15, 0.2) is 59.8 Å². The lowest BCUT2D eigenvalue weighted by atomic mass is 10.0. The zero-order valence-electron chi connectivity index (χ0n) is 15.6. The molecule has 1 aliphatic rings. The molecule has 0 saturated carbocycles. The van der Waals surface area contributed by atoms with Crippen molar-refractivity contribution in [1.29, 1.82) is 0 Å². The number of aryl methyl sites for hydroxylation is 2. The van der Waals surface area contributed by atoms with E-state index in [4.69, 9.17) is 0 Å². The normalized spacial score (nSPS) is 13.8. The minimum absolute atomic E-state index is 0.117. The molecule has 4 aromatic rings. The molecule has 0 unspecified atom stereocenters. The van der Waals surface area contributed by atoms with E-state index in [1.165, 1.54) is 17.3 Å². The predicted molar refractivity (Wildman–Crippen MR) is 113 cm³/mol. The molecule has 28 heavy (non-hydrogen) atoms. The number of amides is 1. The van der Waals surface area contributed by atoms with Gasteiger partial charge in [0.25, 0.3) is 0 Å². The molecule has 5 nitrogen and oxygen atoms in total. The number of fused-ring (bicyclic) bond motifs is 4. The van der Waals surface area contributed by atoms with Gasteiger partial charge in [0, 0.05) is 12.2 Å². The van der Waals surface area contributed by atoms with Gasteiger partial charge in [0.2, 0.25) is 5.91 Å². The highest BCUT2D eigenvalue weighted by atomic mass is 32.2. The SMILES string of the molecule is Cc1cc2ccccc2n2c(SCC(=O)N3CCCc4ccccc43)nnc12. The first-order chi connectivity index (χ1) is 13.7. The summed E-state index contributed by atoms with van der Waals surface area (Å²) in [7, 11) is 0. The Labute approximate surface area is 167 Å². The summed E-state index contributed by atoms with van der Waals surface area (Å²) in [5, 5.41) is 10.6. The number of aromatic nitrogens is 3. The van der Waals surface area contributed by atoms with Crippen molar-refractivity contribution in [3.05, 3.63) is 65.7 Å². The summed E-state index contributed by atoms with van der Waals surface area (Å²) >= 11 is 1.45. The maximum atomic E-state index is 13.0. The van der Waals surface area contributed by atoms with Crippen molar-refractivity contribution in [2.24, 2.45) is 0 Å². The summed E-state index contributed by atoms with van der Waals surface area (Å²) in [6.45, 7) is 2.82. The fraction of sp³-hybridized carbons (Fsp3) is 0.227. The number of hydrogen-bond donors (Lipinski definition) is 0. The van der Waals surface area contributed by atoms with Crippen LogP contribution in [0.2, 0.25) is 0 Å². The zero-order chi connectivity index (χ0) is 19.1. The monoisotopic (exact) mass is 388 g/mol. The molecule has 5 rings (SSSR count). The average Bonchev–Trinajstić information content (AvgIpc) is 3.17. The molecule has 2 aromatic heterocycles. The number of para-hydroxylation sites is 2. The molecule has 1 amide bonds. The van der Waals surface area contributed by atoms with E-state index in [-0.39, 0.29) is 5.91 Å². The van der Waals surface area contributed by atoms with Gasteiger partial charge in [0.1, 0.15) is 0 Å². The maximum absolute atomic E-state index is 13.0. The van der Waals surface area contributed by atoms with Crippen molar-refractivity contribution in [2.75, 3.05) is 17.2 Å². The molecule has 140 valence electrons. The Morgan fingerprint density at radius 3 is 2.86 bits per heavy atom. The summed E-state index contributed by atoms with van der Waals surface area (Å²) in [5.41, 5.74) is 5.28. The molecule has 0 bridgehead atoms. The topological polar surface area (TPSA) is 50.5 Å². The predicted octanol–water partition coefficient (Wildman–Crippen LogP) is 4.26. The van der Waals surface area contributed by atoms with Crippen molar-refractivity contribution < 1.29 is 4.79 Å². The molecule has 0 saturated heterocycles. The third kappa shape index (κ3) is 2.85. The first-order valence-corrected chi connectivity index (χ1v) is 10.5. The van der Waals surface area contributed by atoms with Gasteiger partial charge >= 0.3 is 0 Å². The summed E-state index contributed by atoms with van der Waals surface area (Å²) in [5.74, 6) is 0.461. The highest BCUT2D eigenvalue weighted by Gasteiger charge is 2.23. The van der Waals surface area contributed by atoms with Crippen LogP contribution in [0.3, 0.4) is 0 Å². The van der Waals surface area contributed by atoms with E-state index >= 15 is 0 Å². The molecule has 6 heteroatoms. The fourth-order valence-corrected chi connectivity index (χ4v) is 4.76. The summed E-state index contributed by atoms with van der Waals surface area (Å²) in [4.78, 5) is 14.9. The Balaban J connectivity index is 1.45. The van der Waals surface area contributed by atoms with Crippen LogP contribution >= 0.6 is 11.8 Å². The van der Waals surface area contributed by atoms with Crippen LogP contribution in [0, 0.1) is 6.92 Å². The van der Waals surface area contributed by atoms with Gasteiger partial charge in [-0.25, -0.2) is 0 Å². The van der Waals surface area contributed by atoms with Crippen LogP contribution in [0.4, 0.5) is 5.69 Å². The fourth-order valence-electron chi connectivity index (χ4n) is 3.94. The van der Waals surface area contributed by atoms with Crippen molar-refractivity contribution in [1.82, 2.24) is 14.6 Å². The lowest BCUT2D eigenvalue weighted by molar-refractivity contribution is -0.116. The standard InChI is InChI=1S/C22H20N4OS/c1-15-13-17-8-3-5-11-19(17)26-21(15)23-24-22(26)28-14-20(27)25-12-6-9-16-7-2-4-10-18(16)25/h2-5,7-8,10-11,13H,6,9,12,14H2,1H3. The second-order valence-electron chi connectivity index (χ2n) is 7.09. The van der Waals surface area contributed by atoms with Gasteiger partial charge in [-0.15, -0.1) is 10.2 Å². The first kappa shape index (κ1) is 17.3. The number of hydrogen-bond acceptors (Lipinski definition) is 4. The van der Waals surface area contributed by atoms with E-state index in [9.17, 15) is 4.79 Å².